The Kier molecular flexibility index (Phi) is 3.03. The number of aromatic nitrogens is 1. The first-order valence-electron chi connectivity index (χ1n) is 5.32. The minimum Gasteiger partial charge on any atom is -0.396 e. The molecule has 1 aromatic heterocycles. The van der Waals surface area contributed by atoms with Gasteiger partial charge in [0, 0.05) is 23.7 Å². The van der Waals surface area contributed by atoms with Gasteiger partial charge in [-0.25, -0.2) is 0 Å². The predicted octanol–water partition coefficient (Wildman–Crippen LogP) is 1.58. The summed E-state index contributed by atoms with van der Waals surface area (Å²) in [6.45, 7) is 4.00. The van der Waals surface area contributed by atoms with Crippen molar-refractivity contribution in [1.82, 2.24) is 4.98 Å². The summed E-state index contributed by atoms with van der Waals surface area (Å²) in [5.41, 5.74) is 1.36. The summed E-state index contributed by atoms with van der Waals surface area (Å²) in [4.78, 5) is 4.09. The third-order valence-electron chi connectivity index (χ3n) is 3.02. The van der Waals surface area contributed by atoms with E-state index in [1.165, 1.54) is 0 Å². The summed E-state index contributed by atoms with van der Waals surface area (Å²) in [6, 6.07) is 3.94. The van der Waals surface area contributed by atoms with Crippen LogP contribution in [0.25, 0.3) is 0 Å². The molecule has 1 unspecified atom stereocenters. The van der Waals surface area contributed by atoms with Gasteiger partial charge in [-0.3, -0.25) is 4.98 Å². The minimum absolute atomic E-state index is 0.182. The molecule has 0 spiro atoms. The van der Waals surface area contributed by atoms with Crippen molar-refractivity contribution in [2.75, 3.05) is 19.8 Å². The maximum Gasteiger partial charge on any atom is 0.0542 e. The molecule has 0 amide bonds. The summed E-state index contributed by atoms with van der Waals surface area (Å²) in [5.74, 6) is 0.188. The van der Waals surface area contributed by atoms with Crippen LogP contribution in [0.4, 0.5) is 0 Å². The molecule has 0 aromatic carbocycles. The highest BCUT2D eigenvalue weighted by molar-refractivity contribution is 5.15. The highest BCUT2D eigenvalue weighted by Gasteiger charge is 2.35. The lowest BCUT2D eigenvalue weighted by Crippen LogP contribution is -2.41. The quantitative estimate of drug-likeness (QED) is 0.815. The molecule has 3 nitrogen and oxygen atoms in total. The van der Waals surface area contributed by atoms with Crippen molar-refractivity contribution in [3.8, 4) is 0 Å². The maximum absolute atomic E-state index is 9.39. The molecule has 1 aliphatic heterocycles. The highest BCUT2D eigenvalue weighted by Crippen LogP contribution is 2.37. The van der Waals surface area contributed by atoms with Crippen LogP contribution in [0.5, 0.6) is 0 Å². The Morgan fingerprint density at radius 3 is 2.87 bits per heavy atom. The first-order valence-corrected chi connectivity index (χ1v) is 5.32. The molecule has 2 heterocycles. The van der Waals surface area contributed by atoms with Gasteiger partial charge in [0.05, 0.1) is 19.8 Å². The van der Waals surface area contributed by atoms with Crippen molar-refractivity contribution in [2.24, 2.45) is 5.41 Å². The van der Waals surface area contributed by atoms with E-state index in [2.05, 4.69) is 11.9 Å². The van der Waals surface area contributed by atoms with Crippen molar-refractivity contribution in [3.05, 3.63) is 30.1 Å². The van der Waals surface area contributed by atoms with Crippen LogP contribution in [-0.2, 0) is 4.74 Å². The number of aliphatic hydroxyl groups excluding tert-OH is 1. The fourth-order valence-corrected chi connectivity index (χ4v) is 2.07. The minimum atomic E-state index is 0.182. The van der Waals surface area contributed by atoms with Gasteiger partial charge in [-0.05, 0) is 18.1 Å². The van der Waals surface area contributed by atoms with Crippen LogP contribution in [0.1, 0.15) is 24.8 Å². The molecule has 1 aliphatic rings. The molecule has 0 aliphatic carbocycles. The topological polar surface area (TPSA) is 42.4 Å². The van der Waals surface area contributed by atoms with Crippen LogP contribution >= 0.6 is 0 Å². The van der Waals surface area contributed by atoms with Gasteiger partial charge < -0.3 is 9.84 Å². The summed E-state index contributed by atoms with van der Waals surface area (Å²) >= 11 is 0. The monoisotopic (exact) mass is 207 g/mol. The summed E-state index contributed by atoms with van der Waals surface area (Å²) in [5, 5.41) is 9.39. The number of aliphatic hydroxyl groups is 1. The van der Waals surface area contributed by atoms with E-state index in [1.807, 2.05) is 18.3 Å². The molecule has 3 heteroatoms. The fraction of sp³-hybridized carbons (Fsp3) is 0.583. The number of ether oxygens (including phenoxy) is 1. The van der Waals surface area contributed by atoms with Crippen LogP contribution in [0, 0.1) is 5.41 Å². The van der Waals surface area contributed by atoms with E-state index < -0.39 is 0 Å². The highest BCUT2D eigenvalue weighted by atomic mass is 16.5. The van der Waals surface area contributed by atoms with Gasteiger partial charge in [0.25, 0.3) is 0 Å². The standard InChI is InChI=1S/C12H17NO2/c1-12(8-15-9-12)5-11(7-14)10-3-2-4-13-6-10/h2-4,6,11,14H,5,7-9H2,1H3. The Bertz CT molecular complexity index is 309. The predicted molar refractivity (Wildman–Crippen MR) is 57.6 cm³/mol. The molecule has 1 fully saturated rings. The Labute approximate surface area is 90.1 Å². The van der Waals surface area contributed by atoms with Crippen LogP contribution in [0.15, 0.2) is 24.5 Å². The van der Waals surface area contributed by atoms with E-state index >= 15 is 0 Å². The maximum atomic E-state index is 9.39. The second-order valence-electron chi connectivity index (χ2n) is 4.67. The average molecular weight is 207 g/mol. The van der Waals surface area contributed by atoms with E-state index in [9.17, 15) is 5.11 Å². The van der Waals surface area contributed by atoms with E-state index in [1.54, 1.807) is 6.20 Å². The molecular formula is C12H17NO2. The van der Waals surface area contributed by atoms with E-state index in [0.29, 0.717) is 0 Å². The molecule has 0 radical (unpaired) electrons. The molecule has 0 bridgehead atoms. The molecule has 1 aromatic rings. The van der Waals surface area contributed by atoms with Gasteiger partial charge in [-0.2, -0.15) is 0 Å². The largest absolute Gasteiger partial charge is 0.396 e. The lowest BCUT2D eigenvalue weighted by Gasteiger charge is -2.40. The van der Waals surface area contributed by atoms with Crippen LogP contribution < -0.4 is 0 Å². The number of hydrogen-bond acceptors (Lipinski definition) is 3. The zero-order valence-corrected chi connectivity index (χ0v) is 9.02. The van der Waals surface area contributed by atoms with Crippen LogP contribution in [0.3, 0.4) is 0 Å². The SMILES string of the molecule is CC1(CC(CO)c2cccnc2)COC1. The summed E-state index contributed by atoms with van der Waals surface area (Å²) < 4.78 is 5.22. The van der Waals surface area contributed by atoms with Gasteiger partial charge >= 0.3 is 0 Å². The summed E-state index contributed by atoms with van der Waals surface area (Å²) in [7, 11) is 0. The molecule has 15 heavy (non-hydrogen) atoms. The van der Waals surface area contributed by atoms with Gasteiger partial charge in [-0.1, -0.05) is 13.0 Å². The van der Waals surface area contributed by atoms with Crippen molar-refractivity contribution < 1.29 is 9.84 Å². The van der Waals surface area contributed by atoms with Gasteiger partial charge in [0.15, 0.2) is 0 Å². The number of hydrogen-bond donors (Lipinski definition) is 1. The van der Waals surface area contributed by atoms with E-state index in [-0.39, 0.29) is 17.9 Å². The lowest BCUT2D eigenvalue weighted by molar-refractivity contribution is -0.110. The average Bonchev–Trinajstić information content (AvgIpc) is 2.25. The van der Waals surface area contributed by atoms with E-state index in [4.69, 9.17) is 4.74 Å². The van der Waals surface area contributed by atoms with E-state index in [0.717, 1.165) is 25.2 Å². The Balaban J connectivity index is 2.04. The Morgan fingerprint density at radius 2 is 2.40 bits per heavy atom. The van der Waals surface area contributed by atoms with Gasteiger partial charge in [0.2, 0.25) is 0 Å². The Morgan fingerprint density at radius 1 is 1.60 bits per heavy atom. The second-order valence-corrected chi connectivity index (χ2v) is 4.67. The molecule has 1 N–H and O–H groups in total. The second kappa shape index (κ2) is 4.29. The first kappa shape index (κ1) is 10.6. The normalized spacial score (nSPS) is 20.7. The van der Waals surface area contributed by atoms with Crippen molar-refractivity contribution in [2.45, 2.75) is 19.3 Å². The summed E-state index contributed by atoms with van der Waals surface area (Å²) in [6.07, 6.45) is 4.56. The number of pyridine rings is 1. The Hall–Kier alpha value is -0.930. The molecule has 2 rings (SSSR count). The smallest absolute Gasteiger partial charge is 0.0542 e. The van der Waals surface area contributed by atoms with Crippen molar-refractivity contribution >= 4 is 0 Å². The number of nitrogens with zero attached hydrogens (tertiary/aromatic N) is 1. The first-order chi connectivity index (χ1) is 7.23. The van der Waals surface area contributed by atoms with Gasteiger partial charge in [-0.15, -0.1) is 0 Å². The van der Waals surface area contributed by atoms with Crippen LogP contribution in [-0.4, -0.2) is 29.9 Å². The van der Waals surface area contributed by atoms with Crippen LogP contribution in [0.2, 0.25) is 0 Å². The fourth-order valence-electron chi connectivity index (χ4n) is 2.07. The molecule has 1 saturated heterocycles. The molecule has 82 valence electrons. The van der Waals surface area contributed by atoms with Crippen molar-refractivity contribution in [1.29, 1.82) is 0 Å². The molecular weight excluding hydrogens is 190 g/mol. The van der Waals surface area contributed by atoms with Gasteiger partial charge in [0.1, 0.15) is 0 Å². The number of rotatable bonds is 4. The zero-order valence-electron chi connectivity index (χ0n) is 9.02. The molecule has 1 atom stereocenters. The zero-order chi connectivity index (χ0) is 10.7. The molecule has 0 saturated carbocycles. The third kappa shape index (κ3) is 2.36. The third-order valence-corrected chi connectivity index (χ3v) is 3.02. The lowest BCUT2D eigenvalue weighted by atomic mass is 9.77. The van der Waals surface area contributed by atoms with Crippen molar-refractivity contribution in [3.63, 3.8) is 0 Å².